The van der Waals surface area contributed by atoms with E-state index in [0.29, 0.717) is 0 Å². The Morgan fingerprint density at radius 1 is 0.778 bits per heavy atom. The largest absolute Gasteiger partial charge is 0.394 e. The summed E-state index contributed by atoms with van der Waals surface area (Å²) in [6, 6.07) is -0.902. The van der Waals surface area contributed by atoms with Crippen LogP contribution >= 0.6 is 0 Å². The van der Waals surface area contributed by atoms with Crippen LogP contribution in [0.1, 0.15) is 84.5 Å². The maximum Gasteiger partial charge on any atom is 0.220 e. The molecule has 1 amide bonds. The quantitative estimate of drug-likeness (QED) is 0.0557. The van der Waals surface area contributed by atoms with Gasteiger partial charge in [-0.25, -0.2) is 0 Å². The summed E-state index contributed by atoms with van der Waals surface area (Å²) in [5.74, 6) is -0.332. The lowest BCUT2D eigenvalue weighted by molar-refractivity contribution is -0.359. The Labute approximate surface area is 266 Å². The topological polar surface area (TPSA) is 228 Å². The Kier molecular flexibility index (Phi) is 19.1. The predicted octanol–water partition coefficient (Wildman–Crippen LogP) is -0.640. The van der Waals surface area contributed by atoms with Crippen molar-refractivity contribution >= 4 is 5.91 Å². The van der Waals surface area contributed by atoms with Gasteiger partial charge in [0.2, 0.25) is 5.91 Å². The Hall–Kier alpha value is -1.27. The molecular weight excluding hydrogens is 594 g/mol. The number of aliphatic hydroxyl groups is 8. The van der Waals surface area contributed by atoms with E-state index in [1.54, 1.807) is 13.0 Å². The molecule has 0 bridgehead atoms. The Bertz CT molecular complexity index is 831. The van der Waals surface area contributed by atoms with E-state index in [4.69, 9.17) is 18.9 Å². The van der Waals surface area contributed by atoms with Gasteiger partial charge in [-0.1, -0.05) is 77.4 Å². The fraction of sp³-hybridized carbons (Fsp3) is 0.903. The van der Waals surface area contributed by atoms with Gasteiger partial charge < -0.3 is 65.1 Å². The number of allylic oxidation sites excluding steroid dienone is 1. The molecule has 12 atom stereocenters. The van der Waals surface area contributed by atoms with Gasteiger partial charge in [-0.15, -0.1) is 0 Å². The van der Waals surface area contributed by atoms with Gasteiger partial charge in [-0.3, -0.25) is 4.79 Å². The lowest BCUT2D eigenvalue weighted by Crippen LogP contribution is -2.65. The van der Waals surface area contributed by atoms with Gasteiger partial charge in [0.15, 0.2) is 12.6 Å². The summed E-state index contributed by atoms with van der Waals surface area (Å²) in [6.07, 6.45) is -1.70. The summed E-state index contributed by atoms with van der Waals surface area (Å²) in [4.78, 5) is 12.1. The first-order chi connectivity index (χ1) is 21.6. The summed E-state index contributed by atoms with van der Waals surface area (Å²) in [6.45, 7) is 2.14. The highest BCUT2D eigenvalue weighted by atomic mass is 16.7. The van der Waals surface area contributed by atoms with Crippen LogP contribution in [0.5, 0.6) is 0 Å². The van der Waals surface area contributed by atoms with Crippen molar-refractivity contribution in [2.24, 2.45) is 0 Å². The van der Waals surface area contributed by atoms with E-state index in [9.17, 15) is 45.6 Å². The molecule has 264 valence electrons. The number of rotatable bonds is 21. The van der Waals surface area contributed by atoms with Crippen LogP contribution in [-0.4, -0.2) is 140 Å². The minimum Gasteiger partial charge on any atom is -0.394 e. The number of carbonyl (C=O) groups excluding carboxylic acids is 1. The fourth-order valence-electron chi connectivity index (χ4n) is 5.37. The van der Waals surface area contributed by atoms with Gasteiger partial charge in [0.05, 0.1) is 32.0 Å². The summed E-state index contributed by atoms with van der Waals surface area (Å²) in [5, 5.41) is 84.7. The zero-order valence-electron chi connectivity index (χ0n) is 26.6. The lowest BCUT2D eigenvalue weighted by atomic mass is 9.97. The molecule has 0 radical (unpaired) electrons. The van der Waals surface area contributed by atoms with Crippen LogP contribution in [0.4, 0.5) is 0 Å². The number of unbranched alkanes of at least 4 members (excludes halogenated alkanes) is 9. The van der Waals surface area contributed by atoms with Gasteiger partial charge >= 0.3 is 0 Å². The first-order valence-electron chi connectivity index (χ1n) is 16.4. The van der Waals surface area contributed by atoms with Crippen LogP contribution in [0.15, 0.2) is 12.2 Å². The number of hydrogen-bond acceptors (Lipinski definition) is 13. The molecule has 14 heteroatoms. The van der Waals surface area contributed by atoms with Crippen molar-refractivity contribution in [3.8, 4) is 0 Å². The molecule has 2 heterocycles. The van der Waals surface area contributed by atoms with Crippen LogP contribution in [0.2, 0.25) is 0 Å². The van der Waals surface area contributed by atoms with Crippen molar-refractivity contribution in [3.63, 3.8) is 0 Å². The third-order valence-electron chi connectivity index (χ3n) is 8.29. The van der Waals surface area contributed by atoms with Gasteiger partial charge in [0.1, 0.15) is 48.8 Å². The maximum absolute atomic E-state index is 12.1. The van der Waals surface area contributed by atoms with Crippen molar-refractivity contribution in [2.75, 3.05) is 19.8 Å². The molecule has 2 saturated heterocycles. The van der Waals surface area contributed by atoms with Crippen LogP contribution in [0, 0.1) is 0 Å². The monoisotopic (exact) mass is 651 g/mol. The summed E-state index contributed by atoms with van der Waals surface area (Å²) < 4.78 is 22.1. The van der Waals surface area contributed by atoms with E-state index in [0.717, 1.165) is 19.3 Å². The first kappa shape index (κ1) is 39.9. The van der Waals surface area contributed by atoms with Crippen molar-refractivity contribution in [1.82, 2.24) is 5.32 Å². The van der Waals surface area contributed by atoms with Crippen LogP contribution in [-0.2, 0) is 23.7 Å². The molecule has 0 spiro atoms. The average molecular weight is 652 g/mol. The molecule has 0 saturated carbocycles. The van der Waals surface area contributed by atoms with Crippen LogP contribution < -0.4 is 5.32 Å². The summed E-state index contributed by atoms with van der Waals surface area (Å²) in [5.41, 5.74) is 0. The SMILES string of the molecule is CCCCCCCCCCC/C=C/C(O)C(COC1OC(CO)C(OC2OC(CO)C(O)C(O)C2O)C(O)C1O)NC(=O)CC. The number of carbonyl (C=O) groups is 1. The highest BCUT2D eigenvalue weighted by Crippen LogP contribution is 2.29. The van der Waals surface area contributed by atoms with Gasteiger partial charge in [-0.05, 0) is 12.8 Å². The van der Waals surface area contributed by atoms with E-state index >= 15 is 0 Å². The molecule has 12 unspecified atom stereocenters. The molecule has 0 aliphatic carbocycles. The third-order valence-corrected chi connectivity index (χ3v) is 8.29. The molecule has 0 aromatic heterocycles. The van der Waals surface area contributed by atoms with Crippen molar-refractivity contribution < 1.29 is 64.6 Å². The zero-order chi connectivity index (χ0) is 33.4. The predicted molar refractivity (Wildman–Crippen MR) is 162 cm³/mol. The van der Waals surface area contributed by atoms with Gasteiger partial charge in [-0.2, -0.15) is 0 Å². The molecule has 0 aromatic rings. The van der Waals surface area contributed by atoms with E-state index in [1.165, 1.54) is 44.9 Å². The van der Waals surface area contributed by atoms with Gasteiger partial charge in [0.25, 0.3) is 0 Å². The van der Waals surface area contributed by atoms with E-state index in [1.807, 2.05) is 6.08 Å². The maximum atomic E-state index is 12.1. The second-order valence-corrected chi connectivity index (χ2v) is 11.9. The lowest BCUT2D eigenvalue weighted by Gasteiger charge is -2.46. The second-order valence-electron chi connectivity index (χ2n) is 11.9. The minimum absolute atomic E-state index is 0.163. The normalized spacial score (nSPS) is 33.7. The highest BCUT2D eigenvalue weighted by Gasteiger charge is 2.50. The van der Waals surface area contributed by atoms with Crippen LogP contribution in [0.3, 0.4) is 0 Å². The molecule has 9 N–H and O–H groups in total. The summed E-state index contributed by atoms with van der Waals surface area (Å²) in [7, 11) is 0. The first-order valence-corrected chi connectivity index (χ1v) is 16.4. The zero-order valence-corrected chi connectivity index (χ0v) is 26.6. The number of nitrogens with one attached hydrogen (secondary N) is 1. The third kappa shape index (κ3) is 12.7. The second kappa shape index (κ2) is 21.6. The van der Waals surface area contributed by atoms with Crippen molar-refractivity contribution in [2.45, 2.75) is 158 Å². The molecule has 45 heavy (non-hydrogen) atoms. The van der Waals surface area contributed by atoms with Crippen molar-refractivity contribution in [3.05, 3.63) is 12.2 Å². The standard InChI is InChI=1S/C31H57NO13/c1-3-5-6-7-8-9-10-11-12-13-14-15-20(35)19(32-23(36)4-2)18-42-30-28(41)26(39)29(22(17-34)44-30)45-31-27(40)25(38)24(37)21(16-33)43-31/h14-15,19-22,24-31,33-35,37-41H,3-13,16-18H2,1-2H3,(H,32,36)/b15-14+. The fourth-order valence-corrected chi connectivity index (χ4v) is 5.37. The highest BCUT2D eigenvalue weighted by molar-refractivity contribution is 5.75. The Morgan fingerprint density at radius 3 is 1.96 bits per heavy atom. The molecule has 14 nitrogen and oxygen atoms in total. The Balaban J connectivity index is 1.91. The summed E-state index contributed by atoms with van der Waals surface area (Å²) >= 11 is 0. The number of hydrogen-bond donors (Lipinski definition) is 9. The Morgan fingerprint density at radius 2 is 1.36 bits per heavy atom. The van der Waals surface area contributed by atoms with E-state index in [-0.39, 0.29) is 18.9 Å². The van der Waals surface area contributed by atoms with Gasteiger partial charge in [0, 0.05) is 6.42 Å². The molecular formula is C31H57NO13. The molecule has 2 rings (SSSR count). The average Bonchev–Trinajstić information content (AvgIpc) is 3.04. The number of aliphatic hydroxyl groups excluding tert-OH is 8. The molecule has 2 aliphatic rings. The smallest absolute Gasteiger partial charge is 0.220 e. The van der Waals surface area contributed by atoms with E-state index < -0.39 is 86.8 Å². The molecule has 2 aliphatic heterocycles. The number of amides is 1. The van der Waals surface area contributed by atoms with Crippen molar-refractivity contribution in [1.29, 1.82) is 0 Å². The molecule has 2 fully saturated rings. The number of ether oxygens (including phenoxy) is 4. The molecule has 0 aromatic carbocycles. The van der Waals surface area contributed by atoms with E-state index in [2.05, 4.69) is 12.2 Å². The van der Waals surface area contributed by atoms with Crippen LogP contribution in [0.25, 0.3) is 0 Å². The minimum atomic E-state index is -1.78.